The fraction of sp³-hybridized carbons (Fsp3) is 0.231. The highest BCUT2D eigenvalue weighted by molar-refractivity contribution is 7.09. The lowest BCUT2D eigenvalue weighted by atomic mass is 10.1. The zero-order valence-corrected chi connectivity index (χ0v) is 10.2. The third kappa shape index (κ3) is 3.05. The van der Waals surface area contributed by atoms with Crippen molar-refractivity contribution in [3.8, 4) is 5.75 Å². The van der Waals surface area contributed by atoms with Crippen molar-refractivity contribution in [3.63, 3.8) is 0 Å². The third-order valence-electron chi connectivity index (χ3n) is 2.38. The van der Waals surface area contributed by atoms with Crippen LogP contribution in [0.4, 0.5) is 4.39 Å². The Labute approximate surface area is 103 Å². The lowest BCUT2D eigenvalue weighted by Gasteiger charge is -2.09. The van der Waals surface area contributed by atoms with Gasteiger partial charge in [-0.05, 0) is 30.5 Å². The van der Waals surface area contributed by atoms with Crippen LogP contribution in [0.2, 0.25) is 0 Å². The molecule has 1 N–H and O–H groups in total. The van der Waals surface area contributed by atoms with E-state index in [1.807, 2.05) is 17.5 Å². The Balaban J connectivity index is 2.05. The first kappa shape index (κ1) is 12.1. The third-order valence-corrected chi connectivity index (χ3v) is 3.23. The molecule has 0 aliphatic rings. The fourth-order valence-electron chi connectivity index (χ4n) is 1.49. The Bertz CT molecular complexity index is 480. The summed E-state index contributed by atoms with van der Waals surface area (Å²) in [7, 11) is 0. The van der Waals surface area contributed by atoms with Crippen molar-refractivity contribution in [1.29, 1.82) is 0 Å². The van der Waals surface area contributed by atoms with E-state index in [1.165, 1.54) is 13.0 Å². The van der Waals surface area contributed by atoms with Crippen LogP contribution in [-0.2, 0) is 6.61 Å². The molecule has 0 aliphatic heterocycles. The number of thiophene rings is 1. The van der Waals surface area contributed by atoms with Gasteiger partial charge in [0.1, 0.15) is 18.2 Å². The van der Waals surface area contributed by atoms with Crippen LogP contribution in [0, 0.1) is 5.82 Å². The maximum Gasteiger partial charge on any atom is 0.132 e. The molecule has 0 bridgehead atoms. The average Bonchev–Trinajstić information content (AvgIpc) is 2.78. The van der Waals surface area contributed by atoms with Gasteiger partial charge >= 0.3 is 0 Å². The van der Waals surface area contributed by atoms with Gasteiger partial charge in [0.05, 0.1) is 6.10 Å². The Hall–Kier alpha value is -1.39. The lowest BCUT2D eigenvalue weighted by molar-refractivity contribution is 0.194. The zero-order valence-electron chi connectivity index (χ0n) is 9.39. The molecular weight excluding hydrogens is 239 g/mol. The second-order valence-corrected chi connectivity index (χ2v) is 4.76. The molecule has 90 valence electrons. The summed E-state index contributed by atoms with van der Waals surface area (Å²) in [6.45, 7) is 1.97. The molecule has 1 heterocycles. The van der Waals surface area contributed by atoms with Crippen molar-refractivity contribution in [3.05, 3.63) is 52.0 Å². The number of aliphatic hydroxyl groups is 1. The van der Waals surface area contributed by atoms with Crippen molar-refractivity contribution in [2.24, 2.45) is 0 Å². The maximum atomic E-state index is 13.5. The van der Waals surface area contributed by atoms with Crippen molar-refractivity contribution in [2.45, 2.75) is 19.6 Å². The summed E-state index contributed by atoms with van der Waals surface area (Å²) >= 11 is 1.60. The first-order valence-corrected chi connectivity index (χ1v) is 6.17. The smallest absolute Gasteiger partial charge is 0.132 e. The van der Waals surface area contributed by atoms with E-state index in [9.17, 15) is 9.50 Å². The molecule has 0 aliphatic carbocycles. The first-order valence-electron chi connectivity index (χ1n) is 5.29. The zero-order chi connectivity index (χ0) is 12.3. The Morgan fingerprint density at radius 1 is 1.41 bits per heavy atom. The standard InChI is InChI=1S/C13H13FO2S/c1-9(15)12-5-4-10(7-13(12)14)16-8-11-3-2-6-17-11/h2-7,9,15H,8H2,1H3/t9-/m1/s1. The molecule has 17 heavy (non-hydrogen) atoms. The van der Waals surface area contributed by atoms with Gasteiger partial charge < -0.3 is 9.84 Å². The molecule has 0 unspecified atom stereocenters. The molecule has 2 rings (SSSR count). The Morgan fingerprint density at radius 3 is 2.82 bits per heavy atom. The summed E-state index contributed by atoms with van der Waals surface area (Å²) in [5, 5.41) is 11.3. The summed E-state index contributed by atoms with van der Waals surface area (Å²) in [4.78, 5) is 1.09. The molecule has 0 saturated carbocycles. The van der Waals surface area contributed by atoms with E-state index < -0.39 is 11.9 Å². The molecule has 4 heteroatoms. The van der Waals surface area contributed by atoms with Gasteiger partial charge in [-0.15, -0.1) is 11.3 Å². The number of ether oxygens (including phenoxy) is 1. The predicted octanol–water partition coefficient (Wildman–Crippen LogP) is 3.52. The molecule has 2 nitrogen and oxygen atoms in total. The molecule has 1 atom stereocenters. The first-order chi connectivity index (χ1) is 8.16. The van der Waals surface area contributed by atoms with Crippen LogP contribution >= 0.6 is 11.3 Å². The Kier molecular flexibility index (Phi) is 3.76. The van der Waals surface area contributed by atoms with Crippen LogP contribution in [0.15, 0.2) is 35.7 Å². The summed E-state index contributed by atoms with van der Waals surface area (Å²) in [5.41, 5.74) is 0.286. The van der Waals surface area contributed by atoms with Crippen molar-refractivity contribution < 1.29 is 14.2 Å². The van der Waals surface area contributed by atoms with E-state index in [2.05, 4.69) is 0 Å². The SMILES string of the molecule is C[C@@H](O)c1ccc(OCc2cccs2)cc1F. The fourth-order valence-corrected chi connectivity index (χ4v) is 2.10. The lowest BCUT2D eigenvalue weighted by Crippen LogP contribution is -1.98. The largest absolute Gasteiger partial charge is 0.488 e. The van der Waals surface area contributed by atoms with E-state index in [1.54, 1.807) is 23.5 Å². The van der Waals surface area contributed by atoms with Crippen LogP contribution in [0.25, 0.3) is 0 Å². The second kappa shape index (κ2) is 5.29. The monoisotopic (exact) mass is 252 g/mol. The van der Waals surface area contributed by atoms with Gasteiger partial charge in [-0.3, -0.25) is 0 Å². The van der Waals surface area contributed by atoms with Gasteiger partial charge in [0.15, 0.2) is 0 Å². The van der Waals surface area contributed by atoms with E-state index in [0.717, 1.165) is 4.88 Å². The molecule has 1 aromatic heterocycles. The average molecular weight is 252 g/mol. The number of hydrogen-bond acceptors (Lipinski definition) is 3. The van der Waals surface area contributed by atoms with Crippen LogP contribution in [0.1, 0.15) is 23.5 Å². The minimum Gasteiger partial charge on any atom is -0.488 e. The highest BCUT2D eigenvalue weighted by atomic mass is 32.1. The van der Waals surface area contributed by atoms with E-state index in [0.29, 0.717) is 12.4 Å². The molecule has 0 radical (unpaired) electrons. The van der Waals surface area contributed by atoms with Crippen LogP contribution < -0.4 is 4.74 Å². The van der Waals surface area contributed by atoms with Gasteiger partial charge in [0.25, 0.3) is 0 Å². The number of benzene rings is 1. The molecule has 0 saturated heterocycles. The van der Waals surface area contributed by atoms with Crippen molar-refractivity contribution in [2.75, 3.05) is 0 Å². The van der Waals surface area contributed by atoms with Crippen LogP contribution in [0.5, 0.6) is 5.75 Å². The van der Waals surface area contributed by atoms with E-state index in [4.69, 9.17) is 4.74 Å². The number of halogens is 1. The summed E-state index contributed by atoms with van der Waals surface area (Å²) in [5.74, 6) is 0.0315. The van der Waals surface area contributed by atoms with Crippen molar-refractivity contribution in [1.82, 2.24) is 0 Å². The quantitative estimate of drug-likeness (QED) is 0.902. The summed E-state index contributed by atoms with van der Waals surface area (Å²) < 4.78 is 19.0. The number of aliphatic hydroxyl groups excluding tert-OH is 1. The van der Waals surface area contributed by atoms with Gasteiger partial charge in [-0.25, -0.2) is 4.39 Å². The molecular formula is C13H13FO2S. The second-order valence-electron chi connectivity index (χ2n) is 3.73. The summed E-state index contributed by atoms with van der Waals surface area (Å²) in [6, 6.07) is 8.42. The predicted molar refractivity (Wildman–Crippen MR) is 65.7 cm³/mol. The number of hydrogen-bond donors (Lipinski definition) is 1. The molecule has 1 aromatic carbocycles. The highest BCUT2D eigenvalue weighted by Gasteiger charge is 2.09. The summed E-state index contributed by atoms with van der Waals surface area (Å²) in [6.07, 6.45) is -0.804. The van der Waals surface area contributed by atoms with Crippen LogP contribution in [0.3, 0.4) is 0 Å². The van der Waals surface area contributed by atoms with Gasteiger partial charge in [0, 0.05) is 16.5 Å². The molecule has 2 aromatic rings. The Morgan fingerprint density at radius 2 is 2.24 bits per heavy atom. The van der Waals surface area contributed by atoms with E-state index >= 15 is 0 Å². The van der Waals surface area contributed by atoms with E-state index in [-0.39, 0.29) is 5.56 Å². The topological polar surface area (TPSA) is 29.5 Å². The van der Waals surface area contributed by atoms with Gasteiger partial charge in [-0.1, -0.05) is 6.07 Å². The minimum absolute atomic E-state index is 0.286. The molecule has 0 spiro atoms. The normalized spacial score (nSPS) is 12.4. The maximum absolute atomic E-state index is 13.5. The van der Waals surface area contributed by atoms with Gasteiger partial charge in [-0.2, -0.15) is 0 Å². The van der Waals surface area contributed by atoms with Crippen molar-refractivity contribution >= 4 is 11.3 Å². The minimum atomic E-state index is -0.804. The number of rotatable bonds is 4. The highest BCUT2D eigenvalue weighted by Crippen LogP contribution is 2.22. The van der Waals surface area contributed by atoms with Gasteiger partial charge in [0.2, 0.25) is 0 Å². The molecule has 0 fully saturated rings. The van der Waals surface area contributed by atoms with Crippen LogP contribution in [-0.4, -0.2) is 5.11 Å². The molecule has 0 amide bonds.